The number of benzene rings is 1. The summed E-state index contributed by atoms with van der Waals surface area (Å²) in [5.41, 5.74) is 6.26. The van der Waals surface area contributed by atoms with Crippen LogP contribution in [0.5, 0.6) is 0 Å². The van der Waals surface area contributed by atoms with Crippen LogP contribution in [0.3, 0.4) is 0 Å². The van der Waals surface area contributed by atoms with Crippen LogP contribution in [0.25, 0.3) is 0 Å². The van der Waals surface area contributed by atoms with Gasteiger partial charge in [0.05, 0.1) is 12.5 Å². The molecule has 0 spiro atoms. The number of nitrogens with one attached hydrogen (secondary N) is 1. The predicted molar refractivity (Wildman–Crippen MR) is 106 cm³/mol. The molecule has 0 aromatic heterocycles. The maximum atomic E-state index is 12.5. The van der Waals surface area contributed by atoms with Crippen molar-refractivity contribution in [1.29, 1.82) is 0 Å². The third-order valence-electron chi connectivity index (χ3n) is 4.81. The summed E-state index contributed by atoms with van der Waals surface area (Å²) in [6.45, 7) is 2.41. The Kier molecular flexibility index (Phi) is 9.48. The maximum Gasteiger partial charge on any atom is 0.306 e. The summed E-state index contributed by atoms with van der Waals surface area (Å²) in [5.74, 6) is -0.723. The fourth-order valence-electron chi connectivity index (χ4n) is 3.26. The van der Waals surface area contributed by atoms with Gasteiger partial charge in [0.25, 0.3) is 0 Å². The van der Waals surface area contributed by atoms with Crippen molar-refractivity contribution in [2.75, 3.05) is 19.6 Å². The van der Waals surface area contributed by atoms with E-state index in [1.54, 1.807) is 4.90 Å². The molecule has 0 saturated carbocycles. The molecule has 1 aromatic carbocycles. The van der Waals surface area contributed by atoms with Crippen LogP contribution in [-0.4, -0.2) is 48.4 Å². The molecule has 28 heavy (non-hydrogen) atoms. The first-order valence-electron chi connectivity index (χ1n) is 10.1. The minimum atomic E-state index is -0.550. The van der Waals surface area contributed by atoms with Crippen molar-refractivity contribution < 1.29 is 19.1 Å². The largest absolute Gasteiger partial charge is 0.461 e. The second-order valence-electron chi connectivity index (χ2n) is 7.17. The number of nitrogens with two attached hydrogens (primary N) is 1. The summed E-state index contributed by atoms with van der Waals surface area (Å²) < 4.78 is 5.25. The summed E-state index contributed by atoms with van der Waals surface area (Å²) in [5, 5.41) is 3.15. The first-order chi connectivity index (χ1) is 13.6. The number of hydrogen-bond donors (Lipinski definition) is 2. The van der Waals surface area contributed by atoms with Crippen LogP contribution in [-0.2, 0) is 25.7 Å². The summed E-state index contributed by atoms with van der Waals surface area (Å²) >= 11 is 0. The lowest BCUT2D eigenvalue weighted by Crippen LogP contribution is -2.47. The van der Waals surface area contributed by atoms with Crippen LogP contribution in [0.2, 0.25) is 0 Å². The van der Waals surface area contributed by atoms with E-state index < -0.39 is 11.9 Å². The highest BCUT2D eigenvalue weighted by molar-refractivity contribution is 5.87. The number of rotatable bonds is 12. The van der Waals surface area contributed by atoms with E-state index in [1.165, 1.54) is 0 Å². The second kappa shape index (κ2) is 12.1. The Morgan fingerprint density at radius 1 is 1.07 bits per heavy atom. The van der Waals surface area contributed by atoms with Gasteiger partial charge in [0.2, 0.25) is 11.8 Å². The minimum Gasteiger partial charge on any atom is -0.461 e. The molecule has 1 aliphatic heterocycles. The van der Waals surface area contributed by atoms with Crippen LogP contribution in [0.4, 0.5) is 0 Å². The SMILES string of the molecule is NC(=O)C[C@H](NCCCCCC(=O)OCc1ccccc1)C(=O)N1CCCC1. The zero-order valence-electron chi connectivity index (χ0n) is 16.4. The van der Waals surface area contributed by atoms with E-state index in [9.17, 15) is 14.4 Å². The summed E-state index contributed by atoms with van der Waals surface area (Å²) in [4.78, 5) is 37.3. The van der Waals surface area contributed by atoms with E-state index in [4.69, 9.17) is 10.5 Å². The van der Waals surface area contributed by atoms with Gasteiger partial charge in [-0.2, -0.15) is 0 Å². The molecule has 1 atom stereocenters. The van der Waals surface area contributed by atoms with Crippen LogP contribution >= 0.6 is 0 Å². The number of carbonyl (C=O) groups is 3. The van der Waals surface area contributed by atoms with Crippen molar-refractivity contribution in [3.8, 4) is 0 Å². The van der Waals surface area contributed by atoms with Crippen molar-refractivity contribution in [3.05, 3.63) is 35.9 Å². The molecular formula is C21H31N3O4. The molecule has 7 heteroatoms. The molecule has 0 radical (unpaired) electrons. The lowest BCUT2D eigenvalue weighted by atomic mass is 10.1. The van der Waals surface area contributed by atoms with Gasteiger partial charge in [0.1, 0.15) is 6.61 Å². The molecule has 2 rings (SSSR count). The first kappa shape index (κ1) is 21.9. The fourth-order valence-corrected chi connectivity index (χ4v) is 3.26. The molecule has 1 fully saturated rings. The Morgan fingerprint density at radius 2 is 1.79 bits per heavy atom. The molecule has 0 unspecified atom stereocenters. The molecule has 2 amide bonds. The number of hydrogen-bond acceptors (Lipinski definition) is 5. The molecule has 154 valence electrons. The van der Waals surface area contributed by atoms with E-state index in [0.29, 0.717) is 19.6 Å². The van der Waals surface area contributed by atoms with Crippen LogP contribution in [0.15, 0.2) is 30.3 Å². The van der Waals surface area contributed by atoms with Gasteiger partial charge in [0.15, 0.2) is 0 Å². The molecule has 1 aromatic rings. The minimum absolute atomic E-state index is 0.0150. The van der Waals surface area contributed by atoms with Crippen LogP contribution < -0.4 is 11.1 Å². The Hall–Kier alpha value is -2.41. The normalized spacial score (nSPS) is 14.6. The second-order valence-corrected chi connectivity index (χ2v) is 7.17. The van der Waals surface area contributed by atoms with E-state index in [0.717, 1.165) is 50.8 Å². The van der Waals surface area contributed by atoms with Crippen molar-refractivity contribution in [3.63, 3.8) is 0 Å². The molecule has 3 N–H and O–H groups in total. The lowest BCUT2D eigenvalue weighted by molar-refractivity contribution is -0.145. The van der Waals surface area contributed by atoms with Gasteiger partial charge in [-0.15, -0.1) is 0 Å². The van der Waals surface area contributed by atoms with E-state index in [2.05, 4.69) is 5.32 Å². The predicted octanol–water partition coefficient (Wildman–Crippen LogP) is 1.75. The number of nitrogens with zero attached hydrogens (tertiary/aromatic N) is 1. The van der Waals surface area contributed by atoms with Gasteiger partial charge >= 0.3 is 5.97 Å². The van der Waals surface area contributed by atoms with Gasteiger partial charge in [-0.25, -0.2) is 0 Å². The highest BCUT2D eigenvalue weighted by Crippen LogP contribution is 2.11. The average molecular weight is 389 g/mol. The average Bonchev–Trinajstić information content (AvgIpc) is 3.23. The Balaban J connectivity index is 1.58. The standard InChI is InChI=1S/C21H31N3O4/c22-19(25)15-18(21(27)24-13-7-8-14-24)23-12-6-2-5-11-20(26)28-16-17-9-3-1-4-10-17/h1,3-4,9-10,18,23H,2,5-8,11-16H2,(H2,22,25)/t18-/m0/s1. The van der Waals surface area contributed by atoms with E-state index in [1.807, 2.05) is 30.3 Å². The van der Waals surface area contributed by atoms with Crippen molar-refractivity contribution in [1.82, 2.24) is 10.2 Å². The Labute approximate surface area is 166 Å². The number of primary amides is 1. The number of unbranched alkanes of at least 4 members (excludes halogenated alkanes) is 2. The van der Waals surface area contributed by atoms with Gasteiger partial charge in [0, 0.05) is 19.5 Å². The van der Waals surface area contributed by atoms with Crippen LogP contribution in [0, 0.1) is 0 Å². The van der Waals surface area contributed by atoms with Gasteiger partial charge in [-0.3, -0.25) is 14.4 Å². The molecule has 7 nitrogen and oxygen atoms in total. The summed E-state index contributed by atoms with van der Waals surface area (Å²) in [7, 11) is 0. The number of carbonyl (C=O) groups excluding carboxylic acids is 3. The molecule has 1 saturated heterocycles. The number of likely N-dealkylation sites (tertiary alicyclic amines) is 1. The third-order valence-corrected chi connectivity index (χ3v) is 4.81. The van der Waals surface area contributed by atoms with Crippen molar-refractivity contribution >= 4 is 17.8 Å². The highest BCUT2D eigenvalue weighted by Gasteiger charge is 2.27. The van der Waals surface area contributed by atoms with Gasteiger partial charge < -0.3 is 20.7 Å². The highest BCUT2D eigenvalue weighted by atomic mass is 16.5. The lowest BCUT2D eigenvalue weighted by Gasteiger charge is -2.23. The molecule has 1 heterocycles. The molecule has 1 aliphatic rings. The van der Waals surface area contributed by atoms with E-state index >= 15 is 0 Å². The number of esters is 1. The monoisotopic (exact) mass is 389 g/mol. The quantitative estimate of drug-likeness (QED) is 0.419. The molecule has 0 aliphatic carbocycles. The maximum absolute atomic E-state index is 12.5. The van der Waals surface area contributed by atoms with Crippen molar-refractivity contribution in [2.24, 2.45) is 5.73 Å². The Morgan fingerprint density at radius 3 is 2.46 bits per heavy atom. The number of ether oxygens (including phenoxy) is 1. The fraction of sp³-hybridized carbons (Fsp3) is 0.571. The van der Waals surface area contributed by atoms with Crippen LogP contribution in [0.1, 0.15) is 50.5 Å². The smallest absolute Gasteiger partial charge is 0.306 e. The molecular weight excluding hydrogens is 358 g/mol. The zero-order valence-corrected chi connectivity index (χ0v) is 16.4. The first-order valence-corrected chi connectivity index (χ1v) is 10.1. The third kappa shape index (κ3) is 8.08. The van der Waals surface area contributed by atoms with E-state index in [-0.39, 0.29) is 18.3 Å². The van der Waals surface area contributed by atoms with Gasteiger partial charge in [-0.1, -0.05) is 36.8 Å². The molecule has 0 bridgehead atoms. The summed E-state index contributed by atoms with van der Waals surface area (Å²) in [6, 6.07) is 9.04. The topological polar surface area (TPSA) is 102 Å². The number of amides is 2. The summed E-state index contributed by atoms with van der Waals surface area (Å²) in [6.07, 6.45) is 4.80. The van der Waals surface area contributed by atoms with Gasteiger partial charge in [-0.05, 0) is 37.8 Å². The van der Waals surface area contributed by atoms with Crippen molar-refractivity contribution in [2.45, 2.75) is 57.6 Å². The zero-order chi connectivity index (χ0) is 20.2. The Bertz CT molecular complexity index is 630.